The van der Waals surface area contributed by atoms with Crippen molar-refractivity contribution in [2.24, 2.45) is 0 Å². The minimum Gasteiger partial charge on any atom is -0.0622 e. The number of rotatable bonds is 3. The van der Waals surface area contributed by atoms with Crippen LogP contribution in [0, 0.1) is 6.92 Å². The van der Waals surface area contributed by atoms with Gasteiger partial charge in [-0.25, -0.2) is 0 Å². The summed E-state index contributed by atoms with van der Waals surface area (Å²) < 4.78 is 0. The van der Waals surface area contributed by atoms with Gasteiger partial charge in [-0.15, -0.1) is 0 Å². The standard InChI is InChI=1S/C19H16.C7H8/c1-4-10-16(11-5-1)19(17-12-6-2-7-13-17)18-14-8-3-9-15-18;1-7-5-3-2-4-6-7/h1-15,19H;2-6H,1H3. The number of hydrogen-bond acceptors (Lipinski definition) is 0. The first-order valence-electron chi connectivity index (χ1n) is 9.01. The minimum atomic E-state index is 0.309. The van der Waals surface area contributed by atoms with E-state index in [2.05, 4.69) is 110 Å². The first-order chi connectivity index (χ1) is 12.8. The largest absolute Gasteiger partial charge is 0.0622 e. The van der Waals surface area contributed by atoms with Crippen molar-refractivity contribution in [3.05, 3.63) is 144 Å². The summed E-state index contributed by atoms with van der Waals surface area (Å²) in [4.78, 5) is 0. The van der Waals surface area contributed by atoms with Crippen LogP contribution in [0.3, 0.4) is 0 Å². The van der Waals surface area contributed by atoms with E-state index in [1.54, 1.807) is 0 Å². The van der Waals surface area contributed by atoms with E-state index in [1.807, 2.05) is 18.2 Å². The van der Waals surface area contributed by atoms with Crippen molar-refractivity contribution in [2.45, 2.75) is 12.8 Å². The molecule has 0 N–H and O–H groups in total. The summed E-state index contributed by atoms with van der Waals surface area (Å²) >= 11 is 0. The average molecular weight is 336 g/mol. The zero-order valence-corrected chi connectivity index (χ0v) is 15.1. The molecule has 128 valence electrons. The first kappa shape index (κ1) is 17.7. The van der Waals surface area contributed by atoms with Crippen LogP contribution < -0.4 is 0 Å². The second kappa shape index (κ2) is 9.39. The Morgan fingerprint density at radius 2 is 0.654 bits per heavy atom. The van der Waals surface area contributed by atoms with Crippen LogP contribution in [0.2, 0.25) is 0 Å². The molecule has 0 bridgehead atoms. The van der Waals surface area contributed by atoms with Crippen LogP contribution in [-0.2, 0) is 0 Å². The average Bonchev–Trinajstić information content (AvgIpc) is 2.72. The van der Waals surface area contributed by atoms with E-state index in [-0.39, 0.29) is 0 Å². The monoisotopic (exact) mass is 336 g/mol. The maximum atomic E-state index is 2.20. The molecular weight excluding hydrogens is 312 g/mol. The van der Waals surface area contributed by atoms with Gasteiger partial charge in [0, 0.05) is 5.92 Å². The molecule has 0 heteroatoms. The highest BCUT2D eigenvalue weighted by Gasteiger charge is 2.15. The summed E-state index contributed by atoms with van der Waals surface area (Å²) in [6.45, 7) is 2.08. The zero-order valence-electron chi connectivity index (χ0n) is 15.1. The van der Waals surface area contributed by atoms with Crippen molar-refractivity contribution in [3.8, 4) is 0 Å². The van der Waals surface area contributed by atoms with Gasteiger partial charge in [0.15, 0.2) is 0 Å². The van der Waals surface area contributed by atoms with E-state index in [0.29, 0.717) is 5.92 Å². The predicted molar refractivity (Wildman–Crippen MR) is 111 cm³/mol. The van der Waals surface area contributed by atoms with Gasteiger partial charge in [-0.2, -0.15) is 0 Å². The lowest BCUT2D eigenvalue weighted by Crippen LogP contribution is -2.02. The summed E-state index contributed by atoms with van der Waals surface area (Å²) in [6, 6.07) is 42.3. The molecule has 0 heterocycles. The highest BCUT2D eigenvalue weighted by atomic mass is 14.2. The Balaban J connectivity index is 0.000000236. The molecule has 0 unspecified atom stereocenters. The van der Waals surface area contributed by atoms with Gasteiger partial charge in [0.2, 0.25) is 0 Å². The zero-order chi connectivity index (χ0) is 18.0. The Bertz CT molecular complexity index is 772. The third-order valence-corrected chi connectivity index (χ3v) is 4.34. The van der Waals surface area contributed by atoms with Crippen molar-refractivity contribution >= 4 is 0 Å². The van der Waals surface area contributed by atoms with Crippen LogP contribution in [0.5, 0.6) is 0 Å². The van der Waals surface area contributed by atoms with Crippen molar-refractivity contribution < 1.29 is 0 Å². The third-order valence-electron chi connectivity index (χ3n) is 4.34. The van der Waals surface area contributed by atoms with Crippen molar-refractivity contribution in [2.75, 3.05) is 0 Å². The van der Waals surface area contributed by atoms with Gasteiger partial charge in [-0.3, -0.25) is 0 Å². The SMILES string of the molecule is Cc1ccccc1.c1ccc(C(c2ccccc2)c2ccccc2)cc1. The third kappa shape index (κ3) is 4.94. The number of aryl methyl sites for hydroxylation is 1. The molecule has 4 aromatic carbocycles. The molecule has 4 rings (SSSR count). The lowest BCUT2D eigenvalue weighted by atomic mass is 9.85. The van der Waals surface area contributed by atoms with Crippen LogP contribution in [0.1, 0.15) is 28.2 Å². The van der Waals surface area contributed by atoms with Crippen molar-refractivity contribution in [3.63, 3.8) is 0 Å². The number of benzene rings is 4. The van der Waals surface area contributed by atoms with Gasteiger partial charge in [-0.05, 0) is 23.6 Å². The lowest BCUT2D eigenvalue weighted by Gasteiger charge is -2.18. The molecule has 0 aliphatic carbocycles. The lowest BCUT2D eigenvalue weighted by molar-refractivity contribution is 0.977. The van der Waals surface area contributed by atoms with Gasteiger partial charge in [0.05, 0.1) is 0 Å². The van der Waals surface area contributed by atoms with Crippen LogP contribution in [0.25, 0.3) is 0 Å². The second-order valence-corrected chi connectivity index (χ2v) is 6.32. The molecule has 0 fully saturated rings. The minimum absolute atomic E-state index is 0.309. The molecule has 0 aromatic heterocycles. The maximum absolute atomic E-state index is 2.20. The summed E-state index contributed by atoms with van der Waals surface area (Å²) in [6.07, 6.45) is 0. The van der Waals surface area contributed by atoms with E-state index in [1.165, 1.54) is 22.3 Å². The molecule has 26 heavy (non-hydrogen) atoms. The number of hydrogen-bond donors (Lipinski definition) is 0. The van der Waals surface area contributed by atoms with E-state index < -0.39 is 0 Å². The molecule has 0 saturated heterocycles. The fraction of sp³-hybridized carbons (Fsp3) is 0.0769. The molecule has 0 saturated carbocycles. The molecule has 0 radical (unpaired) electrons. The van der Waals surface area contributed by atoms with E-state index in [4.69, 9.17) is 0 Å². The molecule has 0 nitrogen and oxygen atoms in total. The van der Waals surface area contributed by atoms with Gasteiger partial charge in [0.1, 0.15) is 0 Å². The normalized spacial score (nSPS) is 10.1. The van der Waals surface area contributed by atoms with E-state index in [9.17, 15) is 0 Å². The molecule has 0 spiro atoms. The van der Waals surface area contributed by atoms with Gasteiger partial charge in [0.25, 0.3) is 0 Å². The second-order valence-electron chi connectivity index (χ2n) is 6.32. The highest BCUT2D eigenvalue weighted by molar-refractivity contribution is 5.42. The Morgan fingerprint density at radius 1 is 0.385 bits per heavy atom. The predicted octanol–water partition coefficient (Wildman–Crippen LogP) is 6.86. The van der Waals surface area contributed by atoms with Gasteiger partial charge < -0.3 is 0 Å². The van der Waals surface area contributed by atoms with Crippen LogP contribution in [0.4, 0.5) is 0 Å². The highest BCUT2D eigenvalue weighted by Crippen LogP contribution is 2.31. The van der Waals surface area contributed by atoms with Crippen LogP contribution >= 0.6 is 0 Å². The van der Waals surface area contributed by atoms with Gasteiger partial charge in [-0.1, -0.05) is 127 Å². The first-order valence-corrected chi connectivity index (χ1v) is 9.01. The quantitative estimate of drug-likeness (QED) is 0.358. The fourth-order valence-corrected chi connectivity index (χ4v) is 3.05. The van der Waals surface area contributed by atoms with E-state index >= 15 is 0 Å². The molecule has 0 amide bonds. The Morgan fingerprint density at radius 3 is 0.885 bits per heavy atom. The molecular formula is C26H24. The Kier molecular flexibility index (Phi) is 6.39. The smallest absolute Gasteiger partial charge is 0.0339 e. The van der Waals surface area contributed by atoms with Gasteiger partial charge >= 0.3 is 0 Å². The molecule has 4 aromatic rings. The van der Waals surface area contributed by atoms with Crippen molar-refractivity contribution in [1.29, 1.82) is 0 Å². The van der Waals surface area contributed by atoms with Crippen molar-refractivity contribution in [1.82, 2.24) is 0 Å². The Labute approximate surface area is 156 Å². The molecule has 0 aliphatic heterocycles. The summed E-state index contributed by atoms with van der Waals surface area (Å²) in [7, 11) is 0. The Hall–Kier alpha value is -3.12. The topological polar surface area (TPSA) is 0 Å². The maximum Gasteiger partial charge on any atom is 0.0339 e. The van der Waals surface area contributed by atoms with E-state index in [0.717, 1.165) is 0 Å². The van der Waals surface area contributed by atoms with Crippen LogP contribution in [-0.4, -0.2) is 0 Å². The summed E-state index contributed by atoms with van der Waals surface area (Å²) in [5, 5.41) is 0. The summed E-state index contributed by atoms with van der Waals surface area (Å²) in [5.74, 6) is 0.309. The fourth-order valence-electron chi connectivity index (χ4n) is 3.05. The van der Waals surface area contributed by atoms with Crippen LogP contribution in [0.15, 0.2) is 121 Å². The molecule has 0 atom stereocenters. The molecule has 0 aliphatic rings. The summed E-state index contributed by atoms with van der Waals surface area (Å²) in [5.41, 5.74) is 5.32.